The SMILES string of the molecule is COc1cccc(C(=O)CN(C(=O)c2ccccc2Cl)N2C(=O)[C@H]3[C@@H](C)C=CC[C@H]3C2=O)c1. The first-order chi connectivity index (χ1) is 15.8. The van der Waals surface area contributed by atoms with Gasteiger partial charge in [0.2, 0.25) is 0 Å². The summed E-state index contributed by atoms with van der Waals surface area (Å²) in [7, 11) is 1.48. The summed E-state index contributed by atoms with van der Waals surface area (Å²) in [5, 5.41) is 1.94. The van der Waals surface area contributed by atoms with Crippen LogP contribution >= 0.6 is 11.6 Å². The first-order valence-electron chi connectivity index (χ1n) is 10.6. The highest BCUT2D eigenvalue weighted by Gasteiger charge is 2.53. The number of amides is 3. The second kappa shape index (κ2) is 9.19. The molecule has 2 aliphatic rings. The van der Waals surface area contributed by atoms with Crippen LogP contribution in [0.2, 0.25) is 5.02 Å². The van der Waals surface area contributed by atoms with Crippen molar-refractivity contribution in [3.05, 3.63) is 76.8 Å². The quantitative estimate of drug-likeness (QED) is 0.367. The number of carbonyl (C=O) groups excluding carboxylic acids is 4. The fourth-order valence-electron chi connectivity index (χ4n) is 4.40. The number of hydrogen-bond acceptors (Lipinski definition) is 5. The average Bonchev–Trinajstić information content (AvgIpc) is 3.08. The third-order valence-corrected chi connectivity index (χ3v) is 6.44. The lowest BCUT2D eigenvalue weighted by atomic mass is 9.78. The number of rotatable bonds is 6. The third-order valence-electron chi connectivity index (χ3n) is 6.11. The zero-order valence-corrected chi connectivity index (χ0v) is 19.0. The first kappa shape index (κ1) is 22.7. The first-order valence-corrected chi connectivity index (χ1v) is 11.0. The number of fused-ring (bicyclic) bond motifs is 1. The fraction of sp³-hybridized carbons (Fsp3) is 0.280. The van der Waals surface area contributed by atoms with Gasteiger partial charge in [0.05, 0.1) is 29.5 Å². The van der Waals surface area contributed by atoms with Crippen LogP contribution in [0.15, 0.2) is 60.7 Å². The minimum atomic E-state index is -0.696. The van der Waals surface area contributed by atoms with E-state index in [4.69, 9.17) is 16.3 Å². The number of imide groups is 1. The van der Waals surface area contributed by atoms with Crippen LogP contribution in [0.5, 0.6) is 5.75 Å². The number of ether oxygens (including phenoxy) is 1. The van der Waals surface area contributed by atoms with Crippen molar-refractivity contribution < 1.29 is 23.9 Å². The van der Waals surface area contributed by atoms with Crippen molar-refractivity contribution in [1.82, 2.24) is 10.0 Å². The maximum atomic E-state index is 13.5. The number of nitrogens with zero attached hydrogens (tertiary/aromatic N) is 2. The van der Waals surface area contributed by atoms with Crippen LogP contribution in [-0.4, -0.2) is 47.2 Å². The number of halogens is 1. The van der Waals surface area contributed by atoms with Gasteiger partial charge in [-0.25, -0.2) is 5.01 Å². The van der Waals surface area contributed by atoms with Crippen molar-refractivity contribution in [2.45, 2.75) is 13.3 Å². The zero-order valence-electron chi connectivity index (χ0n) is 18.2. The van der Waals surface area contributed by atoms with Crippen molar-refractivity contribution in [3.63, 3.8) is 0 Å². The Balaban J connectivity index is 1.72. The molecule has 0 saturated carbocycles. The number of hydrogen-bond donors (Lipinski definition) is 0. The molecule has 3 atom stereocenters. The number of Topliss-reactive ketones (excluding diaryl/α,β-unsaturated/α-hetero) is 1. The topological polar surface area (TPSA) is 84.0 Å². The van der Waals surface area contributed by atoms with E-state index < -0.39 is 41.9 Å². The Morgan fingerprint density at radius 3 is 2.58 bits per heavy atom. The molecule has 8 heteroatoms. The second-order valence-corrected chi connectivity index (χ2v) is 8.55. The molecule has 1 fully saturated rings. The van der Waals surface area contributed by atoms with Gasteiger partial charge in [-0.1, -0.05) is 54.9 Å². The summed E-state index contributed by atoms with van der Waals surface area (Å²) in [5.74, 6) is -2.93. The van der Waals surface area contributed by atoms with Gasteiger partial charge in [-0.2, -0.15) is 5.01 Å². The molecule has 0 radical (unpaired) electrons. The highest BCUT2D eigenvalue weighted by Crippen LogP contribution is 2.39. The monoisotopic (exact) mass is 466 g/mol. The van der Waals surface area contributed by atoms with Crippen LogP contribution in [0.1, 0.15) is 34.1 Å². The molecule has 4 rings (SSSR count). The Morgan fingerprint density at radius 1 is 1.12 bits per heavy atom. The number of benzene rings is 2. The molecule has 1 heterocycles. The number of methoxy groups -OCH3 is 1. The van der Waals surface area contributed by atoms with E-state index in [0.717, 1.165) is 10.0 Å². The molecule has 2 aromatic rings. The Hall–Kier alpha value is -3.45. The summed E-state index contributed by atoms with van der Waals surface area (Å²) in [6.07, 6.45) is 4.19. The average molecular weight is 467 g/mol. The molecule has 7 nitrogen and oxygen atoms in total. The summed E-state index contributed by atoms with van der Waals surface area (Å²) >= 11 is 6.23. The molecule has 33 heavy (non-hydrogen) atoms. The van der Waals surface area contributed by atoms with E-state index in [1.165, 1.54) is 19.2 Å². The van der Waals surface area contributed by atoms with Crippen LogP contribution < -0.4 is 4.74 Å². The zero-order chi connectivity index (χ0) is 23.7. The van der Waals surface area contributed by atoms with E-state index in [2.05, 4.69) is 0 Å². The Labute approximate surface area is 196 Å². The molecule has 2 aromatic carbocycles. The minimum absolute atomic E-state index is 0.0965. The maximum absolute atomic E-state index is 13.5. The lowest BCUT2D eigenvalue weighted by Crippen LogP contribution is -2.52. The summed E-state index contributed by atoms with van der Waals surface area (Å²) in [4.78, 5) is 53.3. The van der Waals surface area contributed by atoms with Crippen LogP contribution in [0.3, 0.4) is 0 Å². The smallest absolute Gasteiger partial charge is 0.274 e. The maximum Gasteiger partial charge on any atom is 0.274 e. The standard InChI is InChI=1S/C25H23ClN2O5/c1-15-7-5-11-19-22(15)25(32)28(24(19)31)27(23(30)18-10-3-4-12-20(18)26)14-21(29)16-8-6-9-17(13-16)33-2/h3-10,12-13,15,19,22H,11,14H2,1-2H3/t15-,19+,22-/m0/s1. The molecule has 0 aromatic heterocycles. The summed E-state index contributed by atoms with van der Waals surface area (Å²) in [6, 6.07) is 12.8. The molecule has 1 aliphatic heterocycles. The van der Waals surface area contributed by atoms with Crippen LogP contribution in [0.25, 0.3) is 0 Å². The van der Waals surface area contributed by atoms with Crippen LogP contribution in [0.4, 0.5) is 0 Å². The molecular formula is C25H23ClN2O5. The molecule has 1 saturated heterocycles. The van der Waals surface area contributed by atoms with Gasteiger partial charge >= 0.3 is 0 Å². The van der Waals surface area contributed by atoms with Gasteiger partial charge in [0.25, 0.3) is 17.7 Å². The third kappa shape index (κ3) is 4.16. The normalized spacial score (nSPS) is 21.7. The van der Waals surface area contributed by atoms with E-state index in [0.29, 0.717) is 12.2 Å². The van der Waals surface area contributed by atoms with E-state index >= 15 is 0 Å². The fourth-order valence-corrected chi connectivity index (χ4v) is 4.62. The predicted octanol–water partition coefficient (Wildman–Crippen LogP) is 3.79. The summed E-state index contributed by atoms with van der Waals surface area (Å²) in [6.45, 7) is 1.36. The highest BCUT2D eigenvalue weighted by atomic mass is 35.5. The summed E-state index contributed by atoms with van der Waals surface area (Å²) in [5.41, 5.74) is 0.386. The Bertz CT molecular complexity index is 1160. The van der Waals surface area contributed by atoms with Crippen molar-refractivity contribution in [3.8, 4) is 5.75 Å². The molecule has 0 N–H and O–H groups in total. The largest absolute Gasteiger partial charge is 0.497 e. The van der Waals surface area contributed by atoms with Crippen molar-refractivity contribution in [2.75, 3.05) is 13.7 Å². The number of carbonyl (C=O) groups is 4. The molecule has 1 aliphatic carbocycles. The Kier molecular flexibility index (Phi) is 6.33. The minimum Gasteiger partial charge on any atom is -0.497 e. The van der Waals surface area contributed by atoms with E-state index in [9.17, 15) is 19.2 Å². The van der Waals surface area contributed by atoms with Crippen molar-refractivity contribution in [2.24, 2.45) is 17.8 Å². The van der Waals surface area contributed by atoms with E-state index in [1.807, 2.05) is 19.1 Å². The molecule has 3 amide bonds. The van der Waals surface area contributed by atoms with Gasteiger partial charge in [0.15, 0.2) is 5.78 Å². The molecule has 0 unspecified atom stereocenters. The molecular weight excluding hydrogens is 444 g/mol. The lowest BCUT2D eigenvalue weighted by Gasteiger charge is -2.30. The molecule has 170 valence electrons. The van der Waals surface area contributed by atoms with Gasteiger partial charge in [-0.05, 0) is 36.6 Å². The number of hydrazine groups is 1. The van der Waals surface area contributed by atoms with E-state index in [1.54, 1.807) is 36.4 Å². The van der Waals surface area contributed by atoms with Gasteiger partial charge in [-0.15, -0.1) is 0 Å². The van der Waals surface area contributed by atoms with E-state index in [-0.39, 0.29) is 22.1 Å². The number of ketones is 1. The van der Waals surface area contributed by atoms with Crippen molar-refractivity contribution >= 4 is 35.1 Å². The number of allylic oxidation sites excluding steroid dienone is 2. The second-order valence-electron chi connectivity index (χ2n) is 8.14. The lowest BCUT2D eigenvalue weighted by molar-refractivity contribution is -0.154. The van der Waals surface area contributed by atoms with Gasteiger partial charge in [0.1, 0.15) is 12.3 Å². The molecule has 0 spiro atoms. The van der Waals surface area contributed by atoms with Crippen LogP contribution in [0, 0.1) is 17.8 Å². The van der Waals surface area contributed by atoms with Gasteiger partial charge < -0.3 is 4.74 Å². The summed E-state index contributed by atoms with van der Waals surface area (Å²) < 4.78 is 5.18. The van der Waals surface area contributed by atoms with Crippen LogP contribution in [-0.2, 0) is 9.59 Å². The van der Waals surface area contributed by atoms with Gasteiger partial charge in [-0.3, -0.25) is 19.2 Å². The predicted molar refractivity (Wildman–Crippen MR) is 122 cm³/mol. The molecule has 0 bridgehead atoms. The van der Waals surface area contributed by atoms with Crippen molar-refractivity contribution in [1.29, 1.82) is 0 Å². The highest BCUT2D eigenvalue weighted by molar-refractivity contribution is 6.34. The Morgan fingerprint density at radius 2 is 1.88 bits per heavy atom. The van der Waals surface area contributed by atoms with Gasteiger partial charge in [0, 0.05) is 5.56 Å².